The van der Waals surface area contributed by atoms with Gasteiger partial charge in [-0.15, -0.1) is 0 Å². The van der Waals surface area contributed by atoms with Crippen molar-refractivity contribution in [3.05, 3.63) is 66.5 Å². The van der Waals surface area contributed by atoms with Crippen LogP contribution in [0.15, 0.2) is 60.9 Å². The number of piperazine rings is 1. The Morgan fingerprint density at radius 1 is 0.921 bits per heavy atom. The molecule has 0 bridgehead atoms. The zero-order valence-electron chi connectivity index (χ0n) is 21.0. The first-order valence-electron chi connectivity index (χ1n) is 12.5. The quantitative estimate of drug-likeness (QED) is 0.391. The minimum absolute atomic E-state index is 0.0893. The van der Waals surface area contributed by atoms with Crippen molar-refractivity contribution in [3.8, 4) is 22.6 Å². The Kier molecular flexibility index (Phi) is 6.65. The highest BCUT2D eigenvalue weighted by Gasteiger charge is 2.28. The lowest BCUT2D eigenvalue weighted by Crippen LogP contribution is -2.51. The van der Waals surface area contributed by atoms with Crippen LogP contribution < -0.4 is 14.4 Å². The van der Waals surface area contributed by atoms with E-state index in [0.717, 1.165) is 34.4 Å². The van der Waals surface area contributed by atoms with E-state index in [4.69, 9.17) is 14.5 Å². The van der Waals surface area contributed by atoms with E-state index in [1.54, 1.807) is 30.6 Å². The molecule has 0 unspecified atom stereocenters. The van der Waals surface area contributed by atoms with Gasteiger partial charge in [0.1, 0.15) is 19.8 Å². The Morgan fingerprint density at radius 2 is 1.68 bits per heavy atom. The molecule has 2 aliphatic heterocycles. The number of carbonyl (C=O) groups is 2. The zero-order valence-corrected chi connectivity index (χ0v) is 21.8. The van der Waals surface area contributed by atoms with Crippen LogP contribution in [0, 0.1) is 0 Å². The van der Waals surface area contributed by atoms with Gasteiger partial charge in [0.15, 0.2) is 16.6 Å². The molecule has 1 saturated heterocycles. The number of hydrogen-bond acceptors (Lipinski definition) is 8. The predicted molar refractivity (Wildman–Crippen MR) is 146 cm³/mol. The van der Waals surface area contributed by atoms with Crippen molar-refractivity contribution in [1.29, 1.82) is 0 Å². The van der Waals surface area contributed by atoms with Gasteiger partial charge in [-0.2, -0.15) is 0 Å². The Labute approximate surface area is 224 Å². The summed E-state index contributed by atoms with van der Waals surface area (Å²) in [5.74, 6) is 0.730. The van der Waals surface area contributed by atoms with Crippen LogP contribution in [0.25, 0.3) is 21.3 Å². The second-order valence-electron chi connectivity index (χ2n) is 9.35. The molecule has 0 atom stereocenters. The molecule has 6 rings (SSSR count). The normalized spacial score (nSPS) is 15.4. The van der Waals surface area contributed by atoms with Crippen molar-refractivity contribution in [1.82, 2.24) is 19.8 Å². The number of pyridine rings is 1. The molecule has 4 aromatic rings. The van der Waals surface area contributed by atoms with Gasteiger partial charge in [-0.3, -0.25) is 19.5 Å². The molecule has 0 aliphatic carbocycles. The van der Waals surface area contributed by atoms with Crippen LogP contribution >= 0.6 is 11.3 Å². The topological polar surface area (TPSA) is 88.1 Å². The van der Waals surface area contributed by atoms with Crippen LogP contribution in [-0.2, 0) is 4.79 Å². The molecule has 194 valence electrons. The number of carbonyl (C=O) groups excluding carboxylic acids is 2. The number of fused-ring (bicyclic) bond motifs is 2. The van der Waals surface area contributed by atoms with E-state index < -0.39 is 0 Å². The largest absolute Gasteiger partial charge is 0.486 e. The maximum absolute atomic E-state index is 13.9. The van der Waals surface area contributed by atoms with E-state index in [9.17, 15) is 9.59 Å². The molecular weight excluding hydrogens is 502 g/mol. The molecule has 4 heterocycles. The first kappa shape index (κ1) is 24.3. The second-order valence-corrected chi connectivity index (χ2v) is 10.4. The molecule has 0 spiro atoms. The number of amides is 2. The van der Waals surface area contributed by atoms with Gasteiger partial charge >= 0.3 is 0 Å². The van der Waals surface area contributed by atoms with Gasteiger partial charge in [-0.05, 0) is 60.6 Å². The fourth-order valence-corrected chi connectivity index (χ4v) is 5.60. The van der Waals surface area contributed by atoms with E-state index in [1.165, 1.54) is 16.2 Å². The van der Waals surface area contributed by atoms with E-state index in [2.05, 4.69) is 16.0 Å². The molecule has 2 amide bonds. The molecule has 10 heteroatoms. The second kappa shape index (κ2) is 10.4. The van der Waals surface area contributed by atoms with Crippen molar-refractivity contribution in [2.45, 2.75) is 0 Å². The third-order valence-electron chi connectivity index (χ3n) is 6.81. The summed E-state index contributed by atoms with van der Waals surface area (Å²) in [6.07, 6.45) is 3.52. The highest BCUT2D eigenvalue weighted by atomic mass is 32.1. The number of rotatable bonds is 5. The lowest BCUT2D eigenvalue weighted by Gasteiger charge is -2.33. The molecule has 9 nitrogen and oxygen atoms in total. The van der Waals surface area contributed by atoms with Crippen LogP contribution in [0.1, 0.15) is 10.4 Å². The van der Waals surface area contributed by atoms with Crippen LogP contribution in [0.5, 0.6) is 11.5 Å². The van der Waals surface area contributed by atoms with E-state index in [0.29, 0.717) is 48.5 Å². The average molecular weight is 530 g/mol. The highest BCUT2D eigenvalue weighted by Crippen LogP contribution is 2.35. The fourth-order valence-electron chi connectivity index (χ4n) is 4.60. The maximum Gasteiger partial charge on any atom is 0.260 e. The summed E-state index contributed by atoms with van der Waals surface area (Å²) in [5.41, 5.74) is 3.27. The SMILES string of the molecule is CN1CCN(C(=O)CN(C(=O)c2ccc3c(c2)OCCO3)c2nc3ccc(-c4ccncc4)cc3s2)CC1. The van der Waals surface area contributed by atoms with E-state index >= 15 is 0 Å². The van der Waals surface area contributed by atoms with Gasteiger partial charge in [0, 0.05) is 44.1 Å². The smallest absolute Gasteiger partial charge is 0.260 e. The zero-order chi connectivity index (χ0) is 26.1. The lowest BCUT2D eigenvalue weighted by atomic mass is 10.1. The van der Waals surface area contributed by atoms with Crippen molar-refractivity contribution in [2.75, 3.05) is 57.9 Å². The Bertz CT molecular complexity index is 1480. The molecule has 0 saturated carbocycles. The summed E-state index contributed by atoms with van der Waals surface area (Å²) in [7, 11) is 2.04. The fraction of sp³-hybridized carbons (Fsp3) is 0.286. The van der Waals surface area contributed by atoms with Gasteiger partial charge < -0.3 is 19.3 Å². The van der Waals surface area contributed by atoms with E-state index in [1.807, 2.05) is 36.2 Å². The molecule has 2 aromatic heterocycles. The standard InChI is InChI=1S/C28H27N5O4S/c1-31-10-12-32(13-11-31)26(34)18-33(27(35)21-3-5-23-24(16-21)37-15-14-36-23)28-30-22-4-2-20(17-25(22)38-28)19-6-8-29-9-7-19/h2-9,16-17H,10-15,18H2,1H3. The number of ether oxygens (including phenoxy) is 2. The van der Waals surface area contributed by atoms with Crippen LogP contribution in [0.2, 0.25) is 0 Å². The number of anilines is 1. The average Bonchev–Trinajstić information content (AvgIpc) is 3.39. The van der Waals surface area contributed by atoms with Crippen LogP contribution in [-0.4, -0.2) is 84.6 Å². The summed E-state index contributed by atoms with van der Waals surface area (Å²) >= 11 is 1.40. The third kappa shape index (κ3) is 4.92. The predicted octanol–water partition coefficient (Wildman–Crippen LogP) is 3.55. The summed E-state index contributed by atoms with van der Waals surface area (Å²) in [5, 5.41) is 0.481. The Balaban J connectivity index is 1.34. The highest BCUT2D eigenvalue weighted by molar-refractivity contribution is 7.22. The summed E-state index contributed by atoms with van der Waals surface area (Å²) in [4.78, 5) is 41.6. The lowest BCUT2D eigenvalue weighted by molar-refractivity contribution is -0.131. The molecule has 1 fully saturated rings. The third-order valence-corrected chi connectivity index (χ3v) is 7.85. The summed E-state index contributed by atoms with van der Waals surface area (Å²) in [6.45, 7) is 3.69. The van der Waals surface area contributed by atoms with Gasteiger partial charge in [-0.25, -0.2) is 4.98 Å². The summed E-state index contributed by atoms with van der Waals surface area (Å²) in [6, 6.07) is 15.0. The van der Waals surface area contributed by atoms with Crippen molar-refractivity contribution in [3.63, 3.8) is 0 Å². The monoisotopic (exact) mass is 529 g/mol. The molecular formula is C28H27N5O4S. The number of thiazole rings is 1. The van der Waals surface area contributed by atoms with E-state index in [-0.39, 0.29) is 18.4 Å². The molecule has 2 aliphatic rings. The first-order chi connectivity index (χ1) is 18.5. The minimum atomic E-state index is -0.308. The Morgan fingerprint density at radius 3 is 2.47 bits per heavy atom. The van der Waals surface area contributed by atoms with Crippen molar-refractivity contribution in [2.24, 2.45) is 0 Å². The number of hydrogen-bond donors (Lipinski definition) is 0. The maximum atomic E-state index is 13.9. The number of nitrogens with zero attached hydrogens (tertiary/aromatic N) is 5. The molecule has 0 N–H and O–H groups in total. The number of aromatic nitrogens is 2. The van der Waals surface area contributed by atoms with Gasteiger partial charge in [0.2, 0.25) is 5.91 Å². The number of benzene rings is 2. The molecule has 2 aromatic carbocycles. The first-order valence-corrected chi connectivity index (χ1v) is 13.4. The van der Waals surface area contributed by atoms with Crippen molar-refractivity contribution >= 4 is 38.5 Å². The molecule has 0 radical (unpaired) electrons. The van der Waals surface area contributed by atoms with Gasteiger partial charge in [0.25, 0.3) is 5.91 Å². The summed E-state index contributed by atoms with van der Waals surface area (Å²) < 4.78 is 12.2. The van der Waals surface area contributed by atoms with Crippen molar-refractivity contribution < 1.29 is 19.1 Å². The van der Waals surface area contributed by atoms with Crippen LogP contribution in [0.4, 0.5) is 5.13 Å². The Hall–Kier alpha value is -4.02. The van der Waals surface area contributed by atoms with Gasteiger partial charge in [0.05, 0.1) is 10.2 Å². The van der Waals surface area contributed by atoms with Gasteiger partial charge in [-0.1, -0.05) is 17.4 Å². The van der Waals surface area contributed by atoms with Crippen LogP contribution in [0.3, 0.4) is 0 Å². The number of likely N-dealkylation sites (N-methyl/N-ethyl adjacent to an activating group) is 1. The molecule has 38 heavy (non-hydrogen) atoms. The minimum Gasteiger partial charge on any atom is -0.486 e.